The molecule has 8 heteroatoms. The Balaban J connectivity index is 2.04. The Labute approximate surface area is 165 Å². The van der Waals surface area contributed by atoms with E-state index in [0.29, 0.717) is 0 Å². The minimum Gasteiger partial charge on any atom is -0.237 e. The molecular weight excluding hydrogens is 406 g/mol. The number of hydrogen-bond donors (Lipinski definition) is 0. The van der Waals surface area contributed by atoms with Crippen LogP contribution in [0.25, 0.3) is 22.2 Å². The quantitative estimate of drug-likeness (QED) is 0.460. The molecule has 2 heterocycles. The topological polar surface area (TPSA) is 52.0 Å². The number of aromatic nitrogens is 2. The van der Waals surface area contributed by atoms with Crippen LogP contribution in [0.4, 0.5) is 8.78 Å². The number of benzene rings is 2. The second-order valence-electron chi connectivity index (χ2n) is 6.27. The Morgan fingerprint density at radius 3 is 2.39 bits per heavy atom. The summed E-state index contributed by atoms with van der Waals surface area (Å²) < 4.78 is 55.1. The van der Waals surface area contributed by atoms with Crippen LogP contribution in [0.2, 0.25) is 5.02 Å². The summed E-state index contributed by atoms with van der Waals surface area (Å²) in [5.74, 6) is -1.56. The van der Waals surface area contributed by atoms with Gasteiger partial charge >= 0.3 is 0 Å². The van der Waals surface area contributed by atoms with E-state index in [1.165, 1.54) is 36.7 Å². The van der Waals surface area contributed by atoms with Crippen molar-refractivity contribution in [2.45, 2.75) is 11.8 Å². The number of nitrogens with zero attached hydrogens (tertiary/aromatic N) is 2. The standard InChI is InChI=1S/C20H13ClF2N2O2S/c1-12-2-5-14(6-3-12)28(26,27)25-11-16(15-7-4-13(22)10-18(15)23)19-17(21)8-9-24-20(19)25/h2-11H,1H3. The first-order chi connectivity index (χ1) is 13.3. The van der Waals surface area contributed by atoms with Gasteiger partial charge in [0.05, 0.1) is 9.92 Å². The van der Waals surface area contributed by atoms with Crippen molar-refractivity contribution in [3.63, 3.8) is 0 Å². The van der Waals surface area contributed by atoms with E-state index in [9.17, 15) is 17.2 Å². The van der Waals surface area contributed by atoms with Crippen molar-refractivity contribution >= 4 is 32.7 Å². The fourth-order valence-electron chi connectivity index (χ4n) is 3.01. The Bertz CT molecular complexity index is 1320. The molecule has 0 radical (unpaired) electrons. The molecule has 0 bridgehead atoms. The molecule has 2 aromatic carbocycles. The van der Waals surface area contributed by atoms with Crippen molar-refractivity contribution in [2.24, 2.45) is 0 Å². The summed E-state index contributed by atoms with van der Waals surface area (Å²) in [4.78, 5) is 4.21. The van der Waals surface area contributed by atoms with Gasteiger partial charge in [-0.1, -0.05) is 29.3 Å². The van der Waals surface area contributed by atoms with Crippen molar-refractivity contribution < 1.29 is 17.2 Å². The molecule has 0 atom stereocenters. The molecular formula is C20H13ClF2N2O2S. The Morgan fingerprint density at radius 1 is 1.00 bits per heavy atom. The molecule has 142 valence electrons. The zero-order valence-corrected chi connectivity index (χ0v) is 16.1. The first-order valence-electron chi connectivity index (χ1n) is 8.22. The second kappa shape index (κ2) is 6.68. The van der Waals surface area contributed by atoms with Gasteiger partial charge in [0.1, 0.15) is 11.6 Å². The van der Waals surface area contributed by atoms with Gasteiger partial charge in [-0.25, -0.2) is 26.2 Å². The van der Waals surface area contributed by atoms with Crippen LogP contribution in [0, 0.1) is 18.6 Å². The first kappa shape index (κ1) is 18.6. The number of fused-ring (bicyclic) bond motifs is 1. The van der Waals surface area contributed by atoms with Crippen molar-refractivity contribution in [2.75, 3.05) is 0 Å². The second-order valence-corrected chi connectivity index (χ2v) is 8.49. The van der Waals surface area contributed by atoms with Crippen LogP contribution in [-0.4, -0.2) is 17.4 Å². The van der Waals surface area contributed by atoms with Crippen molar-refractivity contribution in [3.8, 4) is 11.1 Å². The zero-order valence-electron chi connectivity index (χ0n) is 14.5. The van der Waals surface area contributed by atoms with E-state index >= 15 is 0 Å². The van der Waals surface area contributed by atoms with Gasteiger partial charge in [0.25, 0.3) is 10.0 Å². The van der Waals surface area contributed by atoms with Crippen LogP contribution in [0.5, 0.6) is 0 Å². The van der Waals surface area contributed by atoms with Crippen LogP contribution in [-0.2, 0) is 10.0 Å². The molecule has 28 heavy (non-hydrogen) atoms. The summed E-state index contributed by atoms with van der Waals surface area (Å²) in [6.45, 7) is 1.85. The minimum atomic E-state index is -4.01. The molecule has 0 aliphatic rings. The van der Waals surface area contributed by atoms with Crippen molar-refractivity contribution in [1.82, 2.24) is 8.96 Å². The molecule has 4 rings (SSSR count). The molecule has 0 N–H and O–H groups in total. The smallest absolute Gasteiger partial charge is 0.237 e. The summed E-state index contributed by atoms with van der Waals surface area (Å²) in [5, 5.41) is 0.479. The van der Waals surface area contributed by atoms with Gasteiger partial charge in [-0.15, -0.1) is 0 Å². The third kappa shape index (κ3) is 2.96. The summed E-state index contributed by atoms with van der Waals surface area (Å²) >= 11 is 6.28. The lowest BCUT2D eigenvalue weighted by atomic mass is 10.1. The Hall–Kier alpha value is -2.77. The molecule has 0 aliphatic carbocycles. The van der Waals surface area contributed by atoms with E-state index in [2.05, 4.69) is 4.98 Å². The van der Waals surface area contributed by atoms with Gasteiger partial charge in [0, 0.05) is 35.0 Å². The van der Waals surface area contributed by atoms with E-state index < -0.39 is 21.7 Å². The molecule has 0 aliphatic heterocycles. The lowest BCUT2D eigenvalue weighted by molar-refractivity contribution is 0.584. The minimum absolute atomic E-state index is 0.0270. The van der Waals surface area contributed by atoms with Gasteiger partial charge in [-0.05, 0) is 37.3 Å². The van der Waals surface area contributed by atoms with Gasteiger partial charge in [-0.3, -0.25) is 0 Å². The fraction of sp³-hybridized carbons (Fsp3) is 0.0500. The van der Waals surface area contributed by atoms with Gasteiger partial charge in [-0.2, -0.15) is 0 Å². The maximum absolute atomic E-state index is 14.4. The van der Waals surface area contributed by atoms with Crippen molar-refractivity contribution in [1.29, 1.82) is 0 Å². The Morgan fingerprint density at radius 2 is 1.71 bits per heavy atom. The summed E-state index contributed by atoms with van der Waals surface area (Å²) in [5.41, 5.74) is 1.21. The summed E-state index contributed by atoms with van der Waals surface area (Å²) in [6, 6.07) is 10.9. The van der Waals surface area contributed by atoms with Crippen LogP contribution in [0.15, 0.2) is 65.8 Å². The number of halogens is 3. The molecule has 4 aromatic rings. The number of hydrogen-bond acceptors (Lipinski definition) is 3. The van der Waals surface area contributed by atoms with Crippen LogP contribution in [0.1, 0.15) is 5.56 Å². The van der Waals surface area contributed by atoms with E-state index in [0.717, 1.165) is 21.7 Å². The fourth-order valence-corrected chi connectivity index (χ4v) is 4.57. The van der Waals surface area contributed by atoms with Gasteiger partial charge < -0.3 is 0 Å². The molecule has 0 spiro atoms. The summed E-state index contributed by atoms with van der Waals surface area (Å²) in [7, 11) is -4.01. The maximum atomic E-state index is 14.4. The molecule has 0 amide bonds. The highest BCUT2D eigenvalue weighted by Gasteiger charge is 2.25. The molecule has 0 saturated heterocycles. The highest BCUT2D eigenvalue weighted by molar-refractivity contribution is 7.90. The predicted octanol–water partition coefficient (Wildman–Crippen LogP) is 5.18. The third-order valence-electron chi connectivity index (χ3n) is 4.40. The van der Waals surface area contributed by atoms with Crippen LogP contribution >= 0.6 is 11.6 Å². The zero-order chi connectivity index (χ0) is 20.1. The number of pyridine rings is 1. The predicted molar refractivity (Wildman–Crippen MR) is 104 cm³/mol. The van der Waals surface area contributed by atoms with Crippen molar-refractivity contribution in [3.05, 3.63) is 83.1 Å². The highest BCUT2D eigenvalue weighted by Crippen LogP contribution is 2.37. The molecule has 0 fully saturated rings. The average Bonchev–Trinajstić information content (AvgIpc) is 3.04. The number of aryl methyl sites for hydroxylation is 1. The molecule has 4 nitrogen and oxygen atoms in total. The third-order valence-corrected chi connectivity index (χ3v) is 6.38. The van der Waals surface area contributed by atoms with Gasteiger partial charge in [0.2, 0.25) is 0 Å². The molecule has 0 saturated carbocycles. The monoisotopic (exact) mass is 418 g/mol. The normalized spacial score (nSPS) is 11.9. The lowest BCUT2D eigenvalue weighted by Gasteiger charge is -2.07. The Kier molecular flexibility index (Phi) is 4.44. The SMILES string of the molecule is Cc1ccc(S(=O)(=O)n2cc(-c3ccc(F)cc3F)c3c(Cl)ccnc32)cc1. The van der Waals surface area contributed by atoms with E-state index in [-0.39, 0.29) is 32.1 Å². The largest absolute Gasteiger partial charge is 0.269 e. The number of rotatable bonds is 3. The van der Waals surface area contributed by atoms with Crippen LogP contribution < -0.4 is 0 Å². The average molecular weight is 419 g/mol. The lowest BCUT2D eigenvalue weighted by Crippen LogP contribution is -2.12. The van der Waals surface area contributed by atoms with Crippen LogP contribution in [0.3, 0.4) is 0 Å². The van der Waals surface area contributed by atoms with E-state index in [4.69, 9.17) is 11.6 Å². The highest BCUT2D eigenvalue weighted by atomic mass is 35.5. The molecule has 2 aromatic heterocycles. The molecule has 0 unspecified atom stereocenters. The van der Waals surface area contributed by atoms with Gasteiger partial charge in [0.15, 0.2) is 5.65 Å². The first-order valence-corrected chi connectivity index (χ1v) is 10.0. The van der Waals surface area contributed by atoms with E-state index in [1.807, 2.05) is 6.92 Å². The summed E-state index contributed by atoms with van der Waals surface area (Å²) in [6.07, 6.45) is 2.63. The maximum Gasteiger partial charge on any atom is 0.269 e. The van der Waals surface area contributed by atoms with E-state index in [1.54, 1.807) is 12.1 Å².